The van der Waals surface area contributed by atoms with Crippen molar-refractivity contribution < 1.29 is 5.11 Å². The third-order valence-corrected chi connectivity index (χ3v) is 4.82. The van der Waals surface area contributed by atoms with Crippen LogP contribution >= 0.6 is 0 Å². The molecule has 1 fully saturated rings. The van der Waals surface area contributed by atoms with E-state index in [1.54, 1.807) is 0 Å². The number of piperidine rings is 1. The summed E-state index contributed by atoms with van der Waals surface area (Å²) in [7, 11) is 0. The van der Waals surface area contributed by atoms with Crippen LogP contribution in [0.4, 0.5) is 11.8 Å². The summed E-state index contributed by atoms with van der Waals surface area (Å²) < 4.78 is 2.05. The molecule has 0 bridgehead atoms. The van der Waals surface area contributed by atoms with E-state index >= 15 is 0 Å². The second-order valence-electron chi connectivity index (χ2n) is 6.41. The molecule has 0 aromatic carbocycles. The lowest BCUT2D eigenvalue weighted by molar-refractivity contribution is 0.244. The summed E-state index contributed by atoms with van der Waals surface area (Å²) in [6, 6.07) is 0.167. The smallest absolute Gasteiger partial charge is 0.224 e. The molecule has 0 amide bonds. The van der Waals surface area contributed by atoms with E-state index in [2.05, 4.69) is 32.0 Å². The van der Waals surface area contributed by atoms with Crippen LogP contribution in [0, 0.1) is 5.92 Å². The molecule has 3 heterocycles. The Kier molecular flexibility index (Phi) is 3.65. The van der Waals surface area contributed by atoms with Crippen molar-refractivity contribution in [3.8, 4) is 0 Å². The molecular formula is C16H22N6O. The van der Waals surface area contributed by atoms with Crippen LogP contribution in [-0.2, 0) is 0 Å². The van der Waals surface area contributed by atoms with E-state index in [0.29, 0.717) is 5.95 Å². The second kappa shape index (κ2) is 5.81. The molecule has 7 nitrogen and oxygen atoms in total. The van der Waals surface area contributed by atoms with E-state index in [0.717, 1.165) is 36.5 Å². The monoisotopic (exact) mass is 314 g/mol. The van der Waals surface area contributed by atoms with E-state index in [1.807, 2.05) is 10.9 Å². The fraction of sp³-hybridized carbons (Fsp3) is 0.562. The molecule has 23 heavy (non-hydrogen) atoms. The maximum atomic E-state index is 9.32. The van der Waals surface area contributed by atoms with Gasteiger partial charge in [0.25, 0.3) is 0 Å². The van der Waals surface area contributed by atoms with Crippen molar-refractivity contribution >= 4 is 22.9 Å². The van der Waals surface area contributed by atoms with Crippen molar-refractivity contribution in [1.82, 2.24) is 19.5 Å². The first-order valence-corrected chi connectivity index (χ1v) is 8.30. The van der Waals surface area contributed by atoms with Crippen LogP contribution < -0.4 is 10.6 Å². The maximum absolute atomic E-state index is 9.32. The second-order valence-corrected chi connectivity index (χ2v) is 6.41. The Morgan fingerprint density at radius 1 is 1.17 bits per heavy atom. The van der Waals surface area contributed by atoms with Gasteiger partial charge in [-0.15, -0.1) is 0 Å². The topological polar surface area (TPSA) is 93.1 Å². The number of aromatic nitrogens is 4. The zero-order valence-corrected chi connectivity index (χ0v) is 13.1. The van der Waals surface area contributed by atoms with Crippen molar-refractivity contribution in [2.45, 2.75) is 31.7 Å². The number of allylic oxidation sites excluding steroid dienone is 1. The largest absolute Gasteiger partial charge is 0.396 e. The molecule has 0 radical (unpaired) electrons. The number of aliphatic hydroxyl groups is 1. The van der Waals surface area contributed by atoms with Gasteiger partial charge in [-0.25, -0.2) is 4.98 Å². The van der Waals surface area contributed by atoms with Crippen molar-refractivity contribution in [3.05, 3.63) is 18.5 Å². The van der Waals surface area contributed by atoms with Gasteiger partial charge in [-0.2, -0.15) is 9.97 Å². The Bertz CT molecular complexity index is 733. The fourth-order valence-electron chi connectivity index (χ4n) is 3.58. The van der Waals surface area contributed by atoms with Crippen LogP contribution in [0.1, 0.15) is 31.7 Å². The number of aliphatic hydroxyl groups excluding tert-OH is 1. The molecule has 0 saturated carbocycles. The number of hydrogen-bond donors (Lipinski definition) is 2. The van der Waals surface area contributed by atoms with Crippen molar-refractivity contribution in [1.29, 1.82) is 0 Å². The molecule has 2 aromatic rings. The molecule has 1 aliphatic heterocycles. The lowest BCUT2D eigenvalue weighted by Crippen LogP contribution is -2.30. The maximum Gasteiger partial charge on any atom is 0.224 e. The molecule has 4 rings (SSSR count). The Labute approximate surface area is 134 Å². The third kappa shape index (κ3) is 2.55. The number of nitrogens with two attached hydrogens (primary N) is 1. The highest BCUT2D eigenvalue weighted by molar-refractivity contribution is 5.85. The van der Waals surface area contributed by atoms with Gasteiger partial charge in [0, 0.05) is 25.6 Å². The van der Waals surface area contributed by atoms with Crippen LogP contribution in [0.25, 0.3) is 11.2 Å². The first-order chi connectivity index (χ1) is 11.3. The number of nitrogens with zero attached hydrogens (tertiary/aromatic N) is 5. The lowest BCUT2D eigenvalue weighted by Gasteiger charge is -2.27. The number of hydrogen-bond acceptors (Lipinski definition) is 6. The molecule has 3 N–H and O–H groups in total. The Balaban J connectivity index is 1.74. The Hall–Kier alpha value is -2.15. The van der Waals surface area contributed by atoms with E-state index < -0.39 is 0 Å². The molecule has 7 heteroatoms. The Morgan fingerprint density at radius 3 is 2.74 bits per heavy atom. The first-order valence-electron chi connectivity index (χ1n) is 8.30. The molecular weight excluding hydrogens is 292 g/mol. The van der Waals surface area contributed by atoms with Crippen molar-refractivity contribution in [2.24, 2.45) is 5.92 Å². The minimum Gasteiger partial charge on any atom is -0.396 e. The number of fused-ring (bicyclic) bond motifs is 1. The minimum atomic E-state index is 0.167. The SMILES string of the molecule is Nc1nc(N2CCCCC2)c2ncn([C@H]3C=C[C@@H](CO)C3)c2n1. The zero-order chi connectivity index (χ0) is 15.8. The van der Waals surface area contributed by atoms with Crippen LogP contribution in [0.15, 0.2) is 18.5 Å². The predicted molar refractivity (Wildman–Crippen MR) is 89.2 cm³/mol. The highest BCUT2D eigenvalue weighted by Gasteiger charge is 2.24. The van der Waals surface area contributed by atoms with E-state index in [1.165, 1.54) is 19.3 Å². The van der Waals surface area contributed by atoms with Gasteiger partial charge in [0.15, 0.2) is 17.0 Å². The van der Waals surface area contributed by atoms with E-state index in [4.69, 9.17) is 5.73 Å². The van der Waals surface area contributed by atoms with Crippen molar-refractivity contribution in [3.63, 3.8) is 0 Å². The summed E-state index contributed by atoms with van der Waals surface area (Å²) in [6.45, 7) is 2.17. The van der Waals surface area contributed by atoms with Gasteiger partial charge in [0.2, 0.25) is 5.95 Å². The average Bonchev–Trinajstić information content (AvgIpc) is 3.21. The highest BCUT2D eigenvalue weighted by atomic mass is 16.3. The molecule has 0 spiro atoms. The van der Waals surface area contributed by atoms with Gasteiger partial charge in [-0.3, -0.25) is 0 Å². The average molecular weight is 314 g/mol. The molecule has 122 valence electrons. The van der Waals surface area contributed by atoms with Gasteiger partial charge in [-0.1, -0.05) is 12.2 Å². The van der Waals surface area contributed by atoms with Gasteiger partial charge >= 0.3 is 0 Å². The summed E-state index contributed by atoms with van der Waals surface area (Å²) >= 11 is 0. The van der Waals surface area contributed by atoms with Crippen molar-refractivity contribution in [2.75, 3.05) is 30.3 Å². The standard InChI is InChI=1S/C16H22N6O/c17-16-19-14(21-6-2-1-3-7-21)13-15(20-16)22(10-18-13)12-5-4-11(8-12)9-23/h4-5,10-12,23H,1-3,6-9H2,(H2,17,19,20)/t11-,12+/m1/s1. The molecule has 1 saturated heterocycles. The molecule has 2 aromatic heterocycles. The molecule has 2 aliphatic rings. The third-order valence-electron chi connectivity index (χ3n) is 4.82. The van der Waals surface area contributed by atoms with Gasteiger partial charge in [-0.05, 0) is 25.7 Å². The minimum absolute atomic E-state index is 0.167. The first kappa shape index (κ1) is 14.4. The molecule has 0 unspecified atom stereocenters. The Morgan fingerprint density at radius 2 is 2.00 bits per heavy atom. The summed E-state index contributed by atoms with van der Waals surface area (Å²) in [5.41, 5.74) is 7.57. The summed E-state index contributed by atoms with van der Waals surface area (Å²) in [6.07, 6.45) is 10.5. The van der Waals surface area contributed by atoms with E-state index in [9.17, 15) is 5.11 Å². The van der Waals surface area contributed by atoms with Crippen LogP contribution in [0.3, 0.4) is 0 Å². The van der Waals surface area contributed by atoms with Gasteiger partial charge < -0.3 is 20.3 Å². The molecule has 2 atom stereocenters. The van der Waals surface area contributed by atoms with Crippen LogP contribution in [-0.4, -0.2) is 44.3 Å². The van der Waals surface area contributed by atoms with Gasteiger partial charge in [0.05, 0.1) is 12.4 Å². The summed E-state index contributed by atoms with van der Waals surface area (Å²) in [5, 5.41) is 9.32. The summed E-state index contributed by atoms with van der Waals surface area (Å²) in [4.78, 5) is 15.7. The molecule has 1 aliphatic carbocycles. The number of rotatable bonds is 3. The van der Waals surface area contributed by atoms with E-state index in [-0.39, 0.29) is 18.6 Å². The number of imidazole rings is 1. The predicted octanol–water partition coefficient (Wildman–Crippen LogP) is 1.51. The normalized spacial score (nSPS) is 24.7. The van der Waals surface area contributed by atoms with Gasteiger partial charge in [0.1, 0.15) is 0 Å². The van der Waals surface area contributed by atoms with Crippen LogP contribution in [0.2, 0.25) is 0 Å². The summed E-state index contributed by atoms with van der Waals surface area (Å²) in [5.74, 6) is 1.35. The highest BCUT2D eigenvalue weighted by Crippen LogP contribution is 2.32. The lowest BCUT2D eigenvalue weighted by atomic mass is 10.1. The number of nitrogen functional groups attached to an aromatic ring is 1. The number of anilines is 2. The fourth-order valence-corrected chi connectivity index (χ4v) is 3.58. The quantitative estimate of drug-likeness (QED) is 0.834. The zero-order valence-electron chi connectivity index (χ0n) is 13.1. The van der Waals surface area contributed by atoms with Crippen LogP contribution in [0.5, 0.6) is 0 Å².